The fourth-order valence-corrected chi connectivity index (χ4v) is 2.16. The molecule has 0 radical (unpaired) electrons. The van der Waals surface area contributed by atoms with Gasteiger partial charge < -0.3 is 0 Å². The molecule has 0 unspecified atom stereocenters. The number of hydrogen-bond acceptors (Lipinski definition) is 6. The van der Waals surface area contributed by atoms with Crippen molar-refractivity contribution >= 4 is 12.2 Å². The second-order valence-corrected chi connectivity index (χ2v) is 5.11. The average molecular weight is 328 g/mol. The minimum absolute atomic E-state index is 0.295. The van der Waals surface area contributed by atoms with E-state index in [2.05, 4.69) is 30.7 Å². The van der Waals surface area contributed by atoms with Crippen molar-refractivity contribution in [3.63, 3.8) is 0 Å². The summed E-state index contributed by atoms with van der Waals surface area (Å²) in [6.07, 6.45) is 6.14. The van der Waals surface area contributed by atoms with E-state index >= 15 is 0 Å². The van der Waals surface area contributed by atoms with E-state index < -0.39 is 5.95 Å². The summed E-state index contributed by atoms with van der Waals surface area (Å²) in [6.45, 7) is 4.24. The van der Waals surface area contributed by atoms with Gasteiger partial charge >= 0.3 is 0 Å². The van der Waals surface area contributed by atoms with Crippen LogP contribution < -0.4 is 5.43 Å². The quantitative estimate of drug-likeness (QED) is 0.572. The van der Waals surface area contributed by atoms with E-state index in [4.69, 9.17) is 0 Å². The van der Waals surface area contributed by atoms with Crippen LogP contribution in [0.25, 0.3) is 11.3 Å². The smallest absolute Gasteiger partial charge is 0.244 e. The summed E-state index contributed by atoms with van der Waals surface area (Å²) in [5, 5.41) is 12.1. The van der Waals surface area contributed by atoms with Crippen LogP contribution in [0, 0.1) is 12.9 Å². The van der Waals surface area contributed by atoms with Crippen molar-refractivity contribution in [2.75, 3.05) is 5.43 Å². The highest BCUT2D eigenvalue weighted by molar-refractivity contribution is 5.79. The van der Waals surface area contributed by atoms with Crippen molar-refractivity contribution in [3.05, 3.63) is 41.9 Å². The largest absolute Gasteiger partial charge is 0.272 e. The molecule has 8 nitrogen and oxygen atoms in total. The molecular weight excluding hydrogens is 311 g/mol. The van der Waals surface area contributed by atoms with Gasteiger partial charge in [0.25, 0.3) is 0 Å². The standard InChI is InChI=1S/C15H17FN8/c1-4-24-14(16)11(8-20-24)7-18-22-15-17-6-5-13(21-15)12-9-19-23(3)10(12)2/h5-9H,4H2,1-3H3,(H,17,21,22)/b18-7-. The molecule has 0 atom stereocenters. The molecule has 1 N–H and O–H groups in total. The van der Waals surface area contributed by atoms with Gasteiger partial charge in [-0.1, -0.05) is 0 Å². The molecule has 0 spiro atoms. The van der Waals surface area contributed by atoms with Crippen LogP contribution in [0.3, 0.4) is 0 Å². The van der Waals surface area contributed by atoms with Crippen molar-refractivity contribution in [1.29, 1.82) is 0 Å². The Morgan fingerprint density at radius 1 is 1.33 bits per heavy atom. The van der Waals surface area contributed by atoms with Gasteiger partial charge in [-0.25, -0.2) is 20.1 Å². The van der Waals surface area contributed by atoms with E-state index in [9.17, 15) is 4.39 Å². The van der Waals surface area contributed by atoms with Crippen LogP contribution in [-0.2, 0) is 13.6 Å². The zero-order valence-corrected chi connectivity index (χ0v) is 13.6. The highest BCUT2D eigenvalue weighted by Gasteiger charge is 2.09. The number of rotatable bonds is 5. The van der Waals surface area contributed by atoms with E-state index in [1.54, 1.807) is 23.1 Å². The number of aromatic nitrogens is 6. The lowest BCUT2D eigenvalue weighted by atomic mass is 10.2. The van der Waals surface area contributed by atoms with Crippen LogP contribution in [0.4, 0.5) is 10.3 Å². The maximum Gasteiger partial charge on any atom is 0.244 e. The van der Waals surface area contributed by atoms with Crippen molar-refractivity contribution in [1.82, 2.24) is 29.5 Å². The Labute approximate surface area is 138 Å². The fraction of sp³-hybridized carbons (Fsp3) is 0.267. The van der Waals surface area contributed by atoms with E-state index in [1.807, 2.05) is 20.9 Å². The van der Waals surface area contributed by atoms with Gasteiger partial charge in [0.1, 0.15) is 0 Å². The summed E-state index contributed by atoms with van der Waals surface area (Å²) in [7, 11) is 1.87. The normalized spacial score (nSPS) is 11.3. The minimum atomic E-state index is -0.427. The third-order valence-electron chi connectivity index (χ3n) is 3.64. The average Bonchev–Trinajstić information content (AvgIpc) is 3.11. The summed E-state index contributed by atoms with van der Waals surface area (Å²) in [5.41, 5.74) is 5.65. The molecule has 0 saturated heterocycles. The molecule has 0 saturated carbocycles. The zero-order valence-electron chi connectivity index (χ0n) is 13.6. The first-order valence-electron chi connectivity index (χ1n) is 7.42. The number of hydrogen-bond donors (Lipinski definition) is 1. The summed E-state index contributed by atoms with van der Waals surface area (Å²) in [5.74, 6) is -0.112. The Balaban J connectivity index is 1.76. The maximum atomic E-state index is 13.8. The third kappa shape index (κ3) is 3.00. The molecule has 0 fully saturated rings. The first kappa shape index (κ1) is 15.8. The van der Waals surface area contributed by atoms with Gasteiger partial charge in [-0.15, -0.1) is 0 Å². The molecule has 9 heteroatoms. The molecular formula is C15H17FN8. The summed E-state index contributed by atoms with van der Waals surface area (Å²) < 4.78 is 16.9. The molecule has 3 rings (SSSR count). The molecule has 124 valence electrons. The molecule has 0 amide bonds. The lowest BCUT2D eigenvalue weighted by Crippen LogP contribution is -2.01. The molecule has 3 aromatic heterocycles. The summed E-state index contributed by atoms with van der Waals surface area (Å²) in [6, 6.07) is 1.80. The first-order chi connectivity index (χ1) is 11.6. The van der Waals surface area contributed by atoms with Crippen LogP contribution >= 0.6 is 0 Å². The number of halogens is 1. The monoisotopic (exact) mass is 328 g/mol. The maximum absolute atomic E-state index is 13.8. The van der Waals surface area contributed by atoms with Gasteiger partial charge in [0.05, 0.1) is 29.9 Å². The van der Waals surface area contributed by atoms with Crippen molar-refractivity contribution in [3.8, 4) is 11.3 Å². The van der Waals surface area contributed by atoms with Gasteiger partial charge in [0.15, 0.2) is 0 Å². The second-order valence-electron chi connectivity index (χ2n) is 5.11. The number of anilines is 1. The molecule has 0 aromatic carbocycles. The topological polar surface area (TPSA) is 85.8 Å². The Kier molecular flexibility index (Phi) is 4.32. The Morgan fingerprint density at radius 2 is 2.17 bits per heavy atom. The highest BCUT2D eigenvalue weighted by Crippen LogP contribution is 2.20. The van der Waals surface area contributed by atoms with Gasteiger partial charge in [0.2, 0.25) is 11.9 Å². The third-order valence-corrected chi connectivity index (χ3v) is 3.64. The lowest BCUT2D eigenvalue weighted by molar-refractivity contribution is 0.470. The van der Waals surface area contributed by atoms with Gasteiger partial charge in [0, 0.05) is 31.0 Å². The van der Waals surface area contributed by atoms with Gasteiger partial charge in [-0.3, -0.25) is 4.68 Å². The van der Waals surface area contributed by atoms with Crippen LogP contribution in [0.15, 0.2) is 29.8 Å². The molecule has 0 bridgehead atoms. The summed E-state index contributed by atoms with van der Waals surface area (Å²) >= 11 is 0. The highest BCUT2D eigenvalue weighted by atomic mass is 19.1. The fourth-order valence-electron chi connectivity index (χ4n) is 2.16. The predicted molar refractivity (Wildman–Crippen MR) is 88.0 cm³/mol. The van der Waals surface area contributed by atoms with E-state index in [1.165, 1.54) is 17.1 Å². The van der Waals surface area contributed by atoms with Gasteiger partial charge in [-0.2, -0.15) is 19.7 Å². The lowest BCUT2D eigenvalue weighted by Gasteiger charge is -2.02. The second kappa shape index (κ2) is 6.57. The van der Waals surface area contributed by atoms with Gasteiger partial charge in [-0.05, 0) is 19.9 Å². The van der Waals surface area contributed by atoms with Crippen LogP contribution in [0.5, 0.6) is 0 Å². The first-order valence-corrected chi connectivity index (χ1v) is 7.42. The summed E-state index contributed by atoms with van der Waals surface area (Å²) in [4.78, 5) is 8.49. The van der Waals surface area contributed by atoms with Crippen LogP contribution in [0.2, 0.25) is 0 Å². The van der Waals surface area contributed by atoms with Crippen LogP contribution in [-0.4, -0.2) is 35.7 Å². The number of hydrazone groups is 1. The van der Waals surface area contributed by atoms with Crippen molar-refractivity contribution in [2.24, 2.45) is 12.1 Å². The molecule has 0 aliphatic heterocycles. The number of aryl methyl sites for hydroxylation is 2. The Hall–Kier alpha value is -3.10. The number of nitrogens with zero attached hydrogens (tertiary/aromatic N) is 7. The molecule has 0 aliphatic carbocycles. The SMILES string of the molecule is CCn1ncc(/C=N\Nc2nccc(-c3cnn(C)c3C)n2)c1F. The van der Waals surface area contributed by atoms with Crippen molar-refractivity contribution in [2.45, 2.75) is 20.4 Å². The van der Waals surface area contributed by atoms with Crippen molar-refractivity contribution < 1.29 is 4.39 Å². The van der Waals surface area contributed by atoms with E-state index in [-0.39, 0.29) is 0 Å². The van der Waals surface area contributed by atoms with E-state index in [0.717, 1.165) is 17.0 Å². The Morgan fingerprint density at radius 3 is 2.83 bits per heavy atom. The van der Waals surface area contributed by atoms with Crippen LogP contribution in [0.1, 0.15) is 18.2 Å². The molecule has 24 heavy (non-hydrogen) atoms. The molecule has 3 heterocycles. The Bertz CT molecular complexity index is 879. The molecule has 0 aliphatic rings. The molecule has 3 aromatic rings. The zero-order chi connectivity index (χ0) is 17.1. The predicted octanol–water partition coefficient (Wildman–Crippen LogP) is 1.99. The minimum Gasteiger partial charge on any atom is -0.272 e. The van der Waals surface area contributed by atoms with E-state index in [0.29, 0.717) is 18.1 Å². The number of nitrogens with one attached hydrogen (secondary N) is 1.